The van der Waals surface area contributed by atoms with E-state index in [2.05, 4.69) is 21.3 Å². The van der Waals surface area contributed by atoms with Crippen LogP contribution in [0.4, 0.5) is 10.1 Å². The number of benzene rings is 1. The summed E-state index contributed by atoms with van der Waals surface area (Å²) in [7, 11) is -2.62. The van der Waals surface area contributed by atoms with Crippen LogP contribution in [0.5, 0.6) is 0 Å². The highest BCUT2D eigenvalue weighted by Crippen LogP contribution is 2.15. The van der Waals surface area contributed by atoms with Gasteiger partial charge in [-0.1, -0.05) is 11.8 Å². The van der Waals surface area contributed by atoms with E-state index >= 15 is 0 Å². The van der Waals surface area contributed by atoms with Crippen molar-refractivity contribution < 1.29 is 27.4 Å². The fourth-order valence-electron chi connectivity index (χ4n) is 1.37. The lowest BCUT2D eigenvalue weighted by molar-refractivity contribution is -0.140. The van der Waals surface area contributed by atoms with Gasteiger partial charge in [-0.05, 0) is 18.2 Å². The van der Waals surface area contributed by atoms with Gasteiger partial charge in [0.25, 0.3) is 0 Å². The molecule has 0 saturated heterocycles. The largest absolute Gasteiger partial charge is 0.469 e. The van der Waals surface area contributed by atoms with E-state index in [1.807, 2.05) is 0 Å². The predicted octanol–water partition coefficient (Wildman–Crippen LogP) is 0.474. The van der Waals surface area contributed by atoms with Crippen molar-refractivity contribution in [2.75, 3.05) is 24.2 Å². The molecule has 0 radical (unpaired) electrons. The second-order valence-electron chi connectivity index (χ2n) is 3.90. The lowest BCUT2D eigenvalue weighted by Crippen LogP contribution is -2.19. The Balaban J connectivity index is 2.79. The molecule has 0 spiro atoms. The van der Waals surface area contributed by atoms with Crippen molar-refractivity contribution in [3.63, 3.8) is 0 Å². The van der Waals surface area contributed by atoms with Crippen LogP contribution in [0.1, 0.15) is 12.0 Å². The third-order valence-corrected chi connectivity index (χ3v) is 3.64. The minimum atomic E-state index is -3.78. The topological polar surface area (TPSA) is 92.7 Å². The first-order valence-electron chi connectivity index (χ1n) is 5.84. The van der Waals surface area contributed by atoms with Gasteiger partial charge in [-0.2, -0.15) is 0 Å². The summed E-state index contributed by atoms with van der Waals surface area (Å²) < 4.78 is 43.5. The quantitative estimate of drug-likeness (QED) is 0.609. The lowest BCUT2D eigenvalue weighted by Gasteiger charge is -2.08. The molecule has 6 nitrogen and oxygen atoms in total. The van der Waals surface area contributed by atoms with E-state index in [4.69, 9.17) is 5.11 Å². The molecule has 1 aromatic rings. The monoisotopic (exact) mass is 315 g/mol. The first-order valence-corrected chi connectivity index (χ1v) is 7.50. The number of aliphatic hydroxyl groups is 1. The molecule has 114 valence electrons. The summed E-state index contributed by atoms with van der Waals surface area (Å²) in [5, 5.41) is 8.52. The van der Waals surface area contributed by atoms with Gasteiger partial charge in [-0.3, -0.25) is 9.52 Å². The van der Waals surface area contributed by atoms with E-state index in [-0.39, 0.29) is 17.7 Å². The average molecular weight is 315 g/mol. The molecule has 0 unspecified atom stereocenters. The summed E-state index contributed by atoms with van der Waals surface area (Å²) >= 11 is 0. The zero-order chi connectivity index (χ0) is 15.9. The van der Waals surface area contributed by atoms with Crippen molar-refractivity contribution in [1.29, 1.82) is 0 Å². The fourth-order valence-corrected chi connectivity index (χ4v) is 2.39. The van der Waals surface area contributed by atoms with E-state index in [0.717, 1.165) is 13.2 Å². The summed E-state index contributed by atoms with van der Waals surface area (Å²) in [5.74, 6) is 2.84. The zero-order valence-electron chi connectivity index (χ0n) is 11.2. The molecule has 0 atom stereocenters. The third-order valence-electron chi connectivity index (χ3n) is 2.35. The van der Waals surface area contributed by atoms with Crippen LogP contribution in [0, 0.1) is 17.7 Å². The van der Waals surface area contributed by atoms with E-state index in [9.17, 15) is 17.6 Å². The maximum atomic E-state index is 13.6. The molecule has 0 heterocycles. The van der Waals surface area contributed by atoms with Gasteiger partial charge in [0.1, 0.15) is 12.4 Å². The number of carbonyl (C=O) groups excluding carboxylic acids is 1. The number of nitrogens with one attached hydrogen (secondary N) is 1. The number of aliphatic hydroxyl groups excluding tert-OH is 1. The number of halogens is 1. The lowest BCUT2D eigenvalue weighted by atomic mass is 10.2. The van der Waals surface area contributed by atoms with E-state index in [0.29, 0.717) is 0 Å². The molecule has 2 N–H and O–H groups in total. The van der Waals surface area contributed by atoms with Crippen LogP contribution in [0.3, 0.4) is 0 Å². The molecular weight excluding hydrogens is 301 g/mol. The van der Waals surface area contributed by atoms with Crippen LogP contribution in [0.2, 0.25) is 0 Å². The Morgan fingerprint density at radius 3 is 2.76 bits per heavy atom. The Hall–Kier alpha value is -2.11. The minimum absolute atomic E-state index is 0.0203. The summed E-state index contributed by atoms with van der Waals surface area (Å²) in [6, 6.07) is 3.59. The fraction of sp³-hybridized carbons (Fsp3) is 0.308. The van der Waals surface area contributed by atoms with Crippen LogP contribution in [-0.4, -0.2) is 39.0 Å². The smallest absolute Gasteiger partial charge is 0.306 e. The molecular formula is C13H14FNO5S. The molecule has 0 saturated carbocycles. The molecule has 0 aliphatic heterocycles. The zero-order valence-corrected chi connectivity index (χ0v) is 12.0. The van der Waals surface area contributed by atoms with Crippen molar-refractivity contribution in [2.24, 2.45) is 0 Å². The molecule has 0 aliphatic carbocycles. The standard InChI is InChI=1S/C13H14FNO5S/c1-20-13(17)6-8-21(18,19)15-11-5-4-10(3-2-7-16)12(14)9-11/h4-5,9,15-16H,6-8H2,1H3. The van der Waals surface area contributed by atoms with Crippen LogP contribution in [0.25, 0.3) is 0 Å². The number of anilines is 1. The highest BCUT2D eigenvalue weighted by atomic mass is 32.2. The van der Waals surface area contributed by atoms with Crippen molar-refractivity contribution in [2.45, 2.75) is 6.42 Å². The molecule has 0 aliphatic rings. The molecule has 21 heavy (non-hydrogen) atoms. The number of hydrogen-bond acceptors (Lipinski definition) is 5. The number of rotatable bonds is 5. The van der Waals surface area contributed by atoms with Crippen LogP contribution >= 0.6 is 0 Å². The van der Waals surface area contributed by atoms with Gasteiger partial charge in [-0.25, -0.2) is 12.8 Å². The number of esters is 1. The van der Waals surface area contributed by atoms with E-state index < -0.39 is 34.2 Å². The predicted molar refractivity (Wildman–Crippen MR) is 74.4 cm³/mol. The summed E-state index contributed by atoms with van der Waals surface area (Å²) in [6.45, 7) is -0.401. The van der Waals surface area contributed by atoms with Crippen molar-refractivity contribution in [3.8, 4) is 11.8 Å². The first kappa shape index (κ1) is 16.9. The molecule has 1 rings (SSSR count). The van der Waals surface area contributed by atoms with E-state index in [1.165, 1.54) is 12.1 Å². The Morgan fingerprint density at radius 1 is 1.48 bits per heavy atom. The van der Waals surface area contributed by atoms with Gasteiger partial charge in [0, 0.05) is 0 Å². The second kappa shape index (κ2) is 7.61. The number of carbonyl (C=O) groups is 1. The van der Waals surface area contributed by atoms with Gasteiger partial charge < -0.3 is 9.84 Å². The van der Waals surface area contributed by atoms with Gasteiger partial charge >= 0.3 is 5.97 Å². The van der Waals surface area contributed by atoms with Crippen molar-refractivity contribution >= 4 is 21.7 Å². The SMILES string of the molecule is COC(=O)CCS(=O)(=O)Nc1ccc(C#CCO)c(F)c1. The van der Waals surface area contributed by atoms with Crippen LogP contribution < -0.4 is 4.72 Å². The second-order valence-corrected chi connectivity index (χ2v) is 5.74. The van der Waals surface area contributed by atoms with Crippen molar-refractivity contribution in [3.05, 3.63) is 29.6 Å². The third kappa shape index (κ3) is 5.81. The van der Waals surface area contributed by atoms with Crippen molar-refractivity contribution in [1.82, 2.24) is 0 Å². The van der Waals surface area contributed by atoms with Gasteiger partial charge in [0.2, 0.25) is 10.0 Å². The average Bonchev–Trinajstić information content (AvgIpc) is 2.43. The highest BCUT2D eigenvalue weighted by Gasteiger charge is 2.14. The van der Waals surface area contributed by atoms with Crippen LogP contribution in [-0.2, 0) is 19.6 Å². The van der Waals surface area contributed by atoms with Crippen LogP contribution in [0.15, 0.2) is 18.2 Å². The molecule has 1 aromatic carbocycles. The molecule has 0 aromatic heterocycles. The number of hydrogen-bond donors (Lipinski definition) is 2. The Kier molecular flexibility index (Phi) is 6.14. The minimum Gasteiger partial charge on any atom is -0.469 e. The maximum absolute atomic E-state index is 13.6. The molecule has 8 heteroatoms. The number of methoxy groups -OCH3 is 1. The Bertz CT molecular complexity index is 676. The highest BCUT2D eigenvalue weighted by molar-refractivity contribution is 7.92. The first-order chi connectivity index (χ1) is 9.88. The number of sulfonamides is 1. The summed E-state index contributed by atoms with van der Waals surface area (Å²) in [4.78, 5) is 10.9. The summed E-state index contributed by atoms with van der Waals surface area (Å²) in [6.07, 6.45) is -0.297. The van der Waals surface area contributed by atoms with Gasteiger partial charge in [0.05, 0.1) is 30.5 Å². The Morgan fingerprint density at radius 2 is 2.19 bits per heavy atom. The normalized spacial score (nSPS) is 10.4. The molecule has 0 fully saturated rings. The molecule has 0 bridgehead atoms. The Labute approximate surface area is 122 Å². The van der Waals surface area contributed by atoms with Gasteiger partial charge in [-0.15, -0.1) is 0 Å². The number of ether oxygens (including phenoxy) is 1. The summed E-state index contributed by atoms with van der Waals surface area (Å²) in [5.41, 5.74) is 0.0634. The van der Waals surface area contributed by atoms with E-state index in [1.54, 1.807) is 0 Å². The molecule has 0 amide bonds. The maximum Gasteiger partial charge on any atom is 0.306 e. The van der Waals surface area contributed by atoms with Gasteiger partial charge in [0.15, 0.2) is 0 Å².